The van der Waals surface area contributed by atoms with E-state index < -0.39 is 4.92 Å². The Labute approximate surface area is 172 Å². The zero-order valence-electron chi connectivity index (χ0n) is 16.3. The molecule has 0 radical (unpaired) electrons. The number of likely N-dealkylation sites (tertiary alicyclic amines) is 1. The van der Waals surface area contributed by atoms with Crippen molar-refractivity contribution in [3.63, 3.8) is 0 Å². The van der Waals surface area contributed by atoms with Gasteiger partial charge in [-0.3, -0.25) is 14.9 Å². The van der Waals surface area contributed by atoms with Crippen LogP contribution in [0.1, 0.15) is 34.3 Å². The molecule has 0 atom stereocenters. The molecule has 0 spiro atoms. The predicted molar refractivity (Wildman–Crippen MR) is 112 cm³/mol. The number of piperidine rings is 1. The van der Waals surface area contributed by atoms with Crippen LogP contribution < -0.4 is 4.74 Å². The molecule has 1 aliphatic rings. The number of amides is 1. The number of benzene rings is 2. The molecule has 150 valence electrons. The monoisotopic (exact) mass is 411 g/mol. The van der Waals surface area contributed by atoms with E-state index in [1.165, 1.54) is 17.4 Å². The third-order valence-corrected chi connectivity index (χ3v) is 6.16. The Hall–Kier alpha value is -3.00. The number of aromatic nitrogens is 1. The summed E-state index contributed by atoms with van der Waals surface area (Å²) in [7, 11) is 0. The van der Waals surface area contributed by atoms with Crippen LogP contribution in [0, 0.1) is 24.0 Å². The molecule has 1 amide bonds. The highest BCUT2D eigenvalue weighted by Crippen LogP contribution is 2.31. The van der Waals surface area contributed by atoms with Gasteiger partial charge in [0.2, 0.25) is 0 Å². The van der Waals surface area contributed by atoms with E-state index in [9.17, 15) is 14.9 Å². The average molecular weight is 411 g/mol. The number of nitro benzene ring substituents is 1. The Kier molecular flexibility index (Phi) is 5.19. The van der Waals surface area contributed by atoms with Gasteiger partial charge in [-0.05, 0) is 31.5 Å². The second-order valence-electron chi connectivity index (χ2n) is 7.27. The second-order valence-corrected chi connectivity index (χ2v) is 8.26. The first kappa shape index (κ1) is 19.3. The number of nitro groups is 1. The number of hydrogen-bond donors (Lipinski definition) is 0. The smallest absolute Gasteiger partial charge is 0.274 e. The highest BCUT2D eigenvalue weighted by molar-refractivity contribution is 7.20. The minimum atomic E-state index is -0.452. The van der Waals surface area contributed by atoms with Crippen molar-refractivity contribution >= 4 is 33.1 Å². The highest BCUT2D eigenvalue weighted by atomic mass is 32.1. The molecular weight excluding hydrogens is 390 g/mol. The van der Waals surface area contributed by atoms with Crippen LogP contribution >= 0.6 is 11.3 Å². The SMILES string of the molecule is Cc1ccc(C(=O)N2CCC(Oc3nc4c(C)cccc4s3)CC2)cc1[N+](=O)[O-]. The highest BCUT2D eigenvalue weighted by Gasteiger charge is 2.26. The molecule has 0 N–H and O–H groups in total. The van der Waals surface area contributed by atoms with Gasteiger partial charge in [0, 0.05) is 43.1 Å². The number of carbonyl (C=O) groups excluding carboxylic acids is 1. The molecule has 1 saturated heterocycles. The van der Waals surface area contributed by atoms with E-state index in [0.29, 0.717) is 42.3 Å². The average Bonchev–Trinajstić information content (AvgIpc) is 3.12. The number of para-hydroxylation sites is 1. The van der Waals surface area contributed by atoms with Crippen molar-refractivity contribution in [3.8, 4) is 5.19 Å². The number of thiazole rings is 1. The summed E-state index contributed by atoms with van der Waals surface area (Å²) in [6.45, 7) is 4.80. The first-order valence-electron chi connectivity index (χ1n) is 9.49. The summed E-state index contributed by atoms with van der Waals surface area (Å²) >= 11 is 1.54. The van der Waals surface area contributed by atoms with Crippen LogP contribution in [0.2, 0.25) is 0 Å². The van der Waals surface area contributed by atoms with Crippen LogP contribution in [0.5, 0.6) is 5.19 Å². The summed E-state index contributed by atoms with van der Waals surface area (Å²) in [6.07, 6.45) is 1.41. The van der Waals surface area contributed by atoms with Crippen molar-refractivity contribution in [1.29, 1.82) is 0 Å². The number of nitrogens with zero attached hydrogens (tertiary/aromatic N) is 3. The predicted octanol–water partition coefficient (Wildman–Crippen LogP) is 4.50. The van der Waals surface area contributed by atoms with Crippen LogP contribution in [0.3, 0.4) is 0 Å². The fourth-order valence-corrected chi connectivity index (χ4v) is 4.52. The molecule has 1 fully saturated rings. The quantitative estimate of drug-likeness (QED) is 0.466. The molecule has 29 heavy (non-hydrogen) atoms. The van der Waals surface area contributed by atoms with Gasteiger partial charge in [0.1, 0.15) is 6.10 Å². The number of carbonyl (C=O) groups is 1. The first-order chi connectivity index (χ1) is 13.9. The van der Waals surface area contributed by atoms with E-state index in [1.807, 2.05) is 25.1 Å². The third-order valence-electron chi connectivity index (χ3n) is 5.25. The maximum absolute atomic E-state index is 12.8. The largest absolute Gasteiger partial charge is 0.467 e. The number of aryl methyl sites for hydroxylation is 2. The summed E-state index contributed by atoms with van der Waals surface area (Å²) in [4.78, 5) is 29.8. The van der Waals surface area contributed by atoms with E-state index in [0.717, 1.165) is 15.8 Å². The molecule has 2 aromatic carbocycles. The lowest BCUT2D eigenvalue weighted by Crippen LogP contribution is -2.41. The van der Waals surface area contributed by atoms with Crippen molar-refractivity contribution in [2.24, 2.45) is 0 Å². The summed E-state index contributed by atoms with van der Waals surface area (Å²) in [5, 5.41) is 11.8. The van der Waals surface area contributed by atoms with E-state index in [2.05, 4.69) is 4.98 Å². The molecule has 2 heterocycles. The number of hydrogen-bond acceptors (Lipinski definition) is 6. The standard InChI is InChI=1S/C21H21N3O4S/c1-13-6-7-15(12-17(13)24(26)27)20(25)23-10-8-16(9-11-23)28-21-22-19-14(2)4-3-5-18(19)29-21/h3-7,12,16H,8-11H2,1-2H3. The van der Waals surface area contributed by atoms with Gasteiger partial charge < -0.3 is 9.64 Å². The second kappa shape index (κ2) is 7.79. The number of fused-ring (bicyclic) bond motifs is 1. The Morgan fingerprint density at radius 1 is 1.21 bits per heavy atom. The van der Waals surface area contributed by atoms with Gasteiger partial charge in [0.25, 0.3) is 16.8 Å². The van der Waals surface area contributed by atoms with E-state index in [4.69, 9.17) is 4.74 Å². The first-order valence-corrected chi connectivity index (χ1v) is 10.3. The fraction of sp³-hybridized carbons (Fsp3) is 0.333. The maximum Gasteiger partial charge on any atom is 0.274 e. The molecule has 1 aliphatic heterocycles. The van der Waals surface area contributed by atoms with Crippen LogP contribution in [0.4, 0.5) is 5.69 Å². The third kappa shape index (κ3) is 3.93. The minimum absolute atomic E-state index is 0.00673. The maximum atomic E-state index is 12.8. The van der Waals surface area contributed by atoms with Gasteiger partial charge in [-0.15, -0.1) is 0 Å². The molecule has 0 aliphatic carbocycles. The Balaban J connectivity index is 1.40. The summed E-state index contributed by atoms with van der Waals surface area (Å²) in [6, 6.07) is 10.7. The molecule has 0 unspecified atom stereocenters. The molecular formula is C21H21N3O4S. The minimum Gasteiger partial charge on any atom is -0.467 e. The van der Waals surface area contributed by atoms with Crippen molar-refractivity contribution in [2.45, 2.75) is 32.8 Å². The van der Waals surface area contributed by atoms with Gasteiger partial charge in [0.05, 0.1) is 15.1 Å². The van der Waals surface area contributed by atoms with Crippen LogP contribution in [0.25, 0.3) is 10.2 Å². The molecule has 1 aromatic heterocycles. The van der Waals surface area contributed by atoms with Gasteiger partial charge in [-0.2, -0.15) is 0 Å². The van der Waals surface area contributed by atoms with Crippen molar-refractivity contribution in [3.05, 3.63) is 63.2 Å². The van der Waals surface area contributed by atoms with Gasteiger partial charge >= 0.3 is 0 Å². The van der Waals surface area contributed by atoms with E-state index >= 15 is 0 Å². The van der Waals surface area contributed by atoms with Gasteiger partial charge in [-0.25, -0.2) is 4.98 Å². The van der Waals surface area contributed by atoms with E-state index in [-0.39, 0.29) is 17.7 Å². The topological polar surface area (TPSA) is 85.6 Å². The Morgan fingerprint density at radius 3 is 2.66 bits per heavy atom. The molecule has 3 aromatic rings. The summed E-state index contributed by atoms with van der Waals surface area (Å²) in [5.41, 5.74) is 2.97. The zero-order valence-corrected chi connectivity index (χ0v) is 17.1. The van der Waals surface area contributed by atoms with Crippen molar-refractivity contribution in [2.75, 3.05) is 13.1 Å². The van der Waals surface area contributed by atoms with Gasteiger partial charge in [-0.1, -0.05) is 29.5 Å². The Bertz CT molecular complexity index is 1090. The lowest BCUT2D eigenvalue weighted by Gasteiger charge is -2.31. The molecule has 8 heteroatoms. The lowest BCUT2D eigenvalue weighted by atomic mass is 10.0. The fourth-order valence-electron chi connectivity index (χ4n) is 3.56. The van der Waals surface area contributed by atoms with Crippen LogP contribution in [-0.4, -0.2) is 39.9 Å². The van der Waals surface area contributed by atoms with Crippen molar-refractivity contribution in [1.82, 2.24) is 9.88 Å². The Morgan fingerprint density at radius 2 is 1.97 bits per heavy atom. The summed E-state index contributed by atoms with van der Waals surface area (Å²) < 4.78 is 7.18. The molecule has 4 rings (SSSR count). The van der Waals surface area contributed by atoms with Crippen LogP contribution in [-0.2, 0) is 0 Å². The van der Waals surface area contributed by atoms with Crippen LogP contribution in [0.15, 0.2) is 36.4 Å². The lowest BCUT2D eigenvalue weighted by molar-refractivity contribution is -0.385. The number of ether oxygens (including phenoxy) is 1. The summed E-state index contributed by atoms with van der Waals surface area (Å²) in [5.74, 6) is -0.179. The number of rotatable bonds is 4. The van der Waals surface area contributed by atoms with Crippen molar-refractivity contribution < 1.29 is 14.5 Å². The normalized spacial score (nSPS) is 14.9. The van der Waals surface area contributed by atoms with Gasteiger partial charge in [0.15, 0.2) is 0 Å². The molecule has 0 saturated carbocycles. The molecule has 7 nitrogen and oxygen atoms in total. The van der Waals surface area contributed by atoms with E-state index in [1.54, 1.807) is 24.0 Å². The molecule has 0 bridgehead atoms. The zero-order chi connectivity index (χ0) is 20.5.